The molecule has 3 aromatic rings. The standard InChI is InChI=1S/C39H44N8O8/c48-34-10-9-32(36(50)41-34)47-37(51)29-8-6-27(21-30(29)38(47)52)45-13-11-44(12-14-45)23-25-3-1-24(2-4-25)19-35(49)40-33-22-31(42-43-33)26-5-7-28(20-26)55-39(53)46-15-17-54-18-16-46/h1-4,6,8,21-22,26,28,32H,5,7,9-20,23H2,(H,41,48,50)(H2,40,42,43,49)/t26-,28+,32?/m0/s1. The van der Waals surface area contributed by atoms with Gasteiger partial charge in [-0.15, -0.1) is 0 Å². The third-order valence-corrected chi connectivity index (χ3v) is 11.2. The van der Waals surface area contributed by atoms with Crippen LogP contribution in [0, 0.1) is 0 Å². The minimum atomic E-state index is -0.988. The molecule has 0 bridgehead atoms. The molecule has 5 aliphatic rings. The van der Waals surface area contributed by atoms with Crippen molar-refractivity contribution in [1.29, 1.82) is 0 Å². The molecule has 1 aromatic heterocycles. The maximum Gasteiger partial charge on any atom is 0.410 e. The van der Waals surface area contributed by atoms with E-state index in [9.17, 15) is 28.8 Å². The number of piperazine rings is 1. The van der Waals surface area contributed by atoms with Crippen molar-refractivity contribution in [3.63, 3.8) is 0 Å². The lowest BCUT2D eigenvalue weighted by atomic mass is 10.0. The van der Waals surface area contributed by atoms with Gasteiger partial charge >= 0.3 is 6.09 Å². The number of nitrogens with zero attached hydrogens (tertiary/aromatic N) is 5. The maximum atomic E-state index is 13.3. The van der Waals surface area contributed by atoms with Crippen LogP contribution in [0.3, 0.4) is 0 Å². The van der Waals surface area contributed by atoms with Gasteiger partial charge < -0.3 is 24.6 Å². The minimum Gasteiger partial charge on any atom is -0.446 e. The molecular formula is C39H44N8O8. The molecule has 4 aliphatic heterocycles. The Labute approximate surface area is 317 Å². The van der Waals surface area contributed by atoms with Gasteiger partial charge in [0.15, 0.2) is 5.82 Å². The van der Waals surface area contributed by atoms with Crippen molar-refractivity contribution in [1.82, 2.24) is 30.2 Å². The molecule has 1 saturated carbocycles. The summed E-state index contributed by atoms with van der Waals surface area (Å²) in [5, 5.41) is 12.5. The van der Waals surface area contributed by atoms with Gasteiger partial charge in [0.1, 0.15) is 12.1 Å². The van der Waals surface area contributed by atoms with Gasteiger partial charge in [-0.3, -0.25) is 44.2 Å². The third kappa shape index (κ3) is 7.96. The predicted octanol–water partition coefficient (Wildman–Crippen LogP) is 2.42. The van der Waals surface area contributed by atoms with Gasteiger partial charge in [-0.1, -0.05) is 24.3 Å². The van der Waals surface area contributed by atoms with E-state index < -0.39 is 29.7 Å². The van der Waals surface area contributed by atoms with E-state index >= 15 is 0 Å². The van der Waals surface area contributed by atoms with E-state index in [1.165, 1.54) is 0 Å². The molecule has 4 fully saturated rings. The highest BCUT2D eigenvalue weighted by Crippen LogP contribution is 2.36. The summed E-state index contributed by atoms with van der Waals surface area (Å²) in [6, 6.07) is 14.1. The molecule has 3 atom stereocenters. The van der Waals surface area contributed by atoms with Gasteiger partial charge in [0.25, 0.3) is 11.8 Å². The number of carbonyl (C=O) groups is 6. The van der Waals surface area contributed by atoms with Crippen molar-refractivity contribution in [3.05, 3.63) is 76.5 Å². The van der Waals surface area contributed by atoms with Crippen molar-refractivity contribution < 1.29 is 38.2 Å². The summed E-state index contributed by atoms with van der Waals surface area (Å²) in [7, 11) is 0. The Morgan fingerprint density at radius 2 is 1.60 bits per heavy atom. The normalized spacial score (nSPS) is 23.2. The van der Waals surface area contributed by atoms with Crippen LogP contribution in [0.1, 0.15) is 75.6 Å². The highest BCUT2D eigenvalue weighted by atomic mass is 16.6. The number of anilines is 2. The molecule has 3 saturated heterocycles. The number of aromatic amines is 1. The van der Waals surface area contributed by atoms with Gasteiger partial charge in [-0.2, -0.15) is 5.10 Å². The number of aromatic nitrogens is 2. The fourth-order valence-corrected chi connectivity index (χ4v) is 8.12. The van der Waals surface area contributed by atoms with Crippen LogP contribution in [-0.4, -0.2) is 125 Å². The summed E-state index contributed by atoms with van der Waals surface area (Å²) < 4.78 is 11.1. The Balaban J connectivity index is 0.776. The van der Waals surface area contributed by atoms with Crippen LogP contribution in [0.2, 0.25) is 0 Å². The number of carbonyl (C=O) groups excluding carboxylic acids is 6. The van der Waals surface area contributed by atoms with Crippen molar-refractivity contribution in [2.24, 2.45) is 0 Å². The van der Waals surface area contributed by atoms with Crippen LogP contribution in [0.4, 0.5) is 16.3 Å². The van der Waals surface area contributed by atoms with E-state index in [4.69, 9.17) is 9.47 Å². The Kier molecular flexibility index (Phi) is 10.3. The Hall–Kier alpha value is -5.61. The van der Waals surface area contributed by atoms with E-state index in [1.54, 1.807) is 17.0 Å². The molecule has 5 heterocycles. The molecule has 2 aromatic carbocycles. The number of amides is 6. The van der Waals surface area contributed by atoms with Gasteiger partial charge in [-0.25, -0.2) is 4.79 Å². The van der Waals surface area contributed by atoms with E-state index in [1.807, 2.05) is 36.4 Å². The number of fused-ring (bicyclic) bond motifs is 1. The topological polar surface area (TPSA) is 187 Å². The second-order valence-electron chi connectivity index (χ2n) is 14.8. The van der Waals surface area contributed by atoms with Crippen LogP contribution < -0.4 is 15.5 Å². The summed E-state index contributed by atoms with van der Waals surface area (Å²) in [6.07, 6.45) is 2.35. The lowest BCUT2D eigenvalue weighted by Crippen LogP contribution is -2.54. The summed E-state index contributed by atoms with van der Waals surface area (Å²) in [6.45, 7) is 5.98. The molecule has 16 nitrogen and oxygen atoms in total. The fraction of sp³-hybridized carbons (Fsp3) is 0.462. The number of ether oxygens (including phenoxy) is 2. The Bertz CT molecular complexity index is 1980. The van der Waals surface area contributed by atoms with Crippen molar-refractivity contribution in [2.45, 2.75) is 63.1 Å². The quantitative estimate of drug-likeness (QED) is 0.273. The van der Waals surface area contributed by atoms with Crippen LogP contribution in [0.15, 0.2) is 48.5 Å². The molecule has 55 heavy (non-hydrogen) atoms. The molecule has 16 heteroatoms. The molecule has 0 spiro atoms. The summed E-state index contributed by atoms with van der Waals surface area (Å²) in [4.78, 5) is 82.9. The van der Waals surface area contributed by atoms with Crippen LogP contribution in [0.25, 0.3) is 0 Å². The van der Waals surface area contributed by atoms with E-state index in [-0.39, 0.29) is 54.4 Å². The second kappa shape index (κ2) is 15.6. The molecule has 3 N–H and O–H groups in total. The highest BCUT2D eigenvalue weighted by Gasteiger charge is 2.45. The molecule has 0 radical (unpaired) electrons. The molecule has 288 valence electrons. The van der Waals surface area contributed by atoms with Crippen molar-refractivity contribution >= 4 is 47.1 Å². The average molecular weight is 753 g/mol. The number of imide groups is 2. The first-order valence-corrected chi connectivity index (χ1v) is 19.0. The minimum absolute atomic E-state index is 0.0796. The number of H-pyrrole nitrogens is 1. The van der Waals surface area contributed by atoms with Gasteiger partial charge in [0, 0.05) is 75.6 Å². The number of benzene rings is 2. The largest absolute Gasteiger partial charge is 0.446 e. The van der Waals surface area contributed by atoms with E-state index in [0.717, 1.165) is 73.0 Å². The summed E-state index contributed by atoms with van der Waals surface area (Å²) in [5.41, 5.74) is 4.34. The molecular weight excluding hydrogens is 708 g/mol. The van der Waals surface area contributed by atoms with Gasteiger partial charge in [-0.05, 0) is 55.0 Å². The molecule has 1 aliphatic carbocycles. The zero-order chi connectivity index (χ0) is 38.1. The molecule has 8 rings (SSSR count). The first-order chi connectivity index (χ1) is 26.7. The number of hydrogen-bond acceptors (Lipinski definition) is 11. The van der Waals surface area contributed by atoms with Gasteiger partial charge in [0.2, 0.25) is 17.7 Å². The average Bonchev–Trinajstić information content (AvgIpc) is 3.91. The first kappa shape index (κ1) is 36.4. The van der Waals surface area contributed by atoms with Crippen molar-refractivity contribution in [2.75, 3.05) is 62.7 Å². The molecule has 6 amide bonds. The smallest absolute Gasteiger partial charge is 0.410 e. The SMILES string of the molecule is O=C1CCC(N2C(=O)c3ccc(N4CCN(Cc5ccc(CC(=O)Nc6cc([C@H]7CC[C@@H](OC(=O)N8CCOCC8)C7)[nH]n6)cc5)CC4)cc3C2=O)C(=O)N1. The number of hydrogen-bond donors (Lipinski definition) is 3. The van der Waals surface area contributed by atoms with Crippen molar-refractivity contribution in [3.8, 4) is 0 Å². The lowest BCUT2D eigenvalue weighted by molar-refractivity contribution is -0.136. The Morgan fingerprint density at radius 1 is 0.855 bits per heavy atom. The van der Waals surface area contributed by atoms with E-state index in [0.29, 0.717) is 38.5 Å². The summed E-state index contributed by atoms with van der Waals surface area (Å²) >= 11 is 0. The first-order valence-electron chi connectivity index (χ1n) is 19.0. The second-order valence-corrected chi connectivity index (χ2v) is 14.8. The number of morpholine rings is 1. The monoisotopic (exact) mass is 752 g/mol. The zero-order valence-corrected chi connectivity index (χ0v) is 30.5. The van der Waals surface area contributed by atoms with Crippen LogP contribution in [-0.2, 0) is 36.8 Å². The highest BCUT2D eigenvalue weighted by molar-refractivity contribution is 6.23. The molecule has 1 unspecified atom stereocenters. The van der Waals surface area contributed by atoms with Crippen LogP contribution >= 0.6 is 0 Å². The van der Waals surface area contributed by atoms with E-state index in [2.05, 4.69) is 30.6 Å². The summed E-state index contributed by atoms with van der Waals surface area (Å²) in [5.74, 6) is -1.56. The maximum absolute atomic E-state index is 13.3. The zero-order valence-electron chi connectivity index (χ0n) is 30.5. The van der Waals surface area contributed by atoms with Gasteiger partial charge in [0.05, 0.1) is 30.8 Å². The lowest BCUT2D eigenvalue weighted by Gasteiger charge is -2.36. The number of nitrogens with one attached hydrogen (secondary N) is 3. The fourth-order valence-electron chi connectivity index (χ4n) is 8.12. The predicted molar refractivity (Wildman–Crippen MR) is 197 cm³/mol. The number of piperidine rings is 1. The van der Waals surface area contributed by atoms with Crippen LogP contribution in [0.5, 0.6) is 0 Å². The number of rotatable bonds is 9. The Morgan fingerprint density at radius 3 is 2.36 bits per heavy atom. The third-order valence-electron chi connectivity index (χ3n) is 11.2.